The van der Waals surface area contributed by atoms with Crippen molar-refractivity contribution in [2.75, 3.05) is 0 Å². The Kier molecular flexibility index (Phi) is 6.89. The third-order valence-electron chi connectivity index (χ3n) is 3.73. The van der Waals surface area contributed by atoms with Gasteiger partial charge in [-0.2, -0.15) is 0 Å². The quantitative estimate of drug-likeness (QED) is 0.448. The van der Waals surface area contributed by atoms with Gasteiger partial charge < -0.3 is 0 Å². The number of benzene rings is 2. The Morgan fingerprint density at radius 2 is 1.45 bits per heavy atom. The van der Waals surface area contributed by atoms with Crippen LogP contribution in [0.1, 0.15) is 49.7 Å². The highest BCUT2D eigenvalue weighted by molar-refractivity contribution is 6.42. The van der Waals surface area contributed by atoms with Crippen LogP contribution >= 0.6 is 46.4 Å². The normalized spacial score (nSPS) is 12.4. The zero-order valence-electron chi connectivity index (χ0n) is 12.4. The van der Waals surface area contributed by atoms with E-state index in [1.807, 2.05) is 30.3 Å². The van der Waals surface area contributed by atoms with Crippen LogP contribution in [-0.4, -0.2) is 0 Å². The SMILES string of the molecule is CCCCCC(c1cc(Cl)cc(Cl)c1)c1ccc(Cl)c(Cl)c1. The highest BCUT2D eigenvalue weighted by atomic mass is 35.5. The standard InChI is InChI=1S/C18H18Cl4/c1-2-3-4-5-16(12-6-7-17(21)18(22)10-12)13-8-14(19)11-15(20)9-13/h6-11,16H,2-5H2,1H3. The molecule has 1 unspecified atom stereocenters. The van der Waals surface area contributed by atoms with Crippen molar-refractivity contribution in [2.45, 2.75) is 38.5 Å². The van der Waals surface area contributed by atoms with Gasteiger partial charge >= 0.3 is 0 Å². The van der Waals surface area contributed by atoms with Crippen molar-refractivity contribution < 1.29 is 0 Å². The van der Waals surface area contributed by atoms with Crippen molar-refractivity contribution in [2.24, 2.45) is 0 Å². The third kappa shape index (κ3) is 4.80. The highest BCUT2D eigenvalue weighted by Crippen LogP contribution is 2.36. The summed E-state index contributed by atoms with van der Waals surface area (Å²) in [6, 6.07) is 11.5. The molecule has 0 spiro atoms. The number of rotatable bonds is 6. The molecule has 0 fully saturated rings. The summed E-state index contributed by atoms with van der Waals surface area (Å²) in [5, 5.41) is 2.46. The molecule has 0 saturated carbocycles. The molecule has 2 rings (SSSR count). The van der Waals surface area contributed by atoms with E-state index in [-0.39, 0.29) is 5.92 Å². The summed E-state index contributed by atoms with van der Waals surface area (Å²) < 4.78 is 0. The molecule has 0 N–H and O–H groups in total. The van der Waals surface area contributed by atoms with Gasteiger partial charge in [0.2, 0.25) is 0 Å². The van der Waals surface area contributed by atoms with E-state index in [9.17, 15) is 0 Å². The van der Waals surface area contributed by atoms with Crippen LogP contribution in [0.2, 0.25) is 20.1 Å². The molecular formula is C18H18Cl4. The lowest BCUT2D eigenvalue weighted by Crippen LogP contribution is -2.02. The Bertz CT molecular complexity index is 617. The first-order valence-corrected chi connectivity index (χ1v) is 8.93. The van der Waals surface area contributed by atoms with Gasteiger partial charge in [0.1, 0.15) is 0 Å². The van der Waals surface area contributed by atoms with Crippen molar-refractivity contribution in [3.63, 3.8) is 0 Å². The van der Waals surface area contributed by atoms with Crippen LogP contribution in [-0.2, 0) is 0 Å². The van der Waals surface area contributed by atoms with Crippen LogP contribution in [0, 0.1) is 0 Å². The van der Waals surface area contributed by atoms with E-state index in [1.54, 1.807) is 6.07 Å². The lowest BCUT2D eigenvalue weighted by Gasteiger charge is -2.19. The maximum absolute atomic E-state index is 6.19. The van der Waals surface area contributed by atoms with E-state index in [4.69, 9.17) is 46.4 Å². The van der Waals surface area contributed by atoms with Crippen LogP contribution < -0.4 is 0 Å². The fraction of sp³-hybridized carbons (Fsp3) is 0.333. The fourth-order valence-electron chi connectivity index (χ4n) is 2.63. The molecule has 0 aliphatic carbocycles. The van der Waals surface area contributed by atoms with Crippen LogP contribution in [0.25, 0.3) is 0 Å². The van der Waals surface area contributed by atoms with Crippen molar-refractivity contribution in [1.29, 1.82) is 0 Å². The summed E-state index contributed by atoms with van der Waals surface area (Å²) in [5.41, 5.74) is 2.26. The van der Waals surface area contributed by atoms with E-state index >= 15 is 0 Å². The van der Waals surface area contributed by atoms with Crippen molar-refractivity contribution >= 4 is 46.4 Å². The van der Waals surface area contributed by atoms with E-state index in [0.717, 1.165) is 24.0 Å². The molecule has 0 nitrogen and oxygen atoms in total. The van der Waals surface area contributed by atoms with Gasteiger partial charge in [-0.25, -0.2) is 0 Å². The zero-order valence-corrected chi connectivity index (χ0v) is 15.4. The van der Waals surface area contributed by atoms with Crippen LogP contribution in [0.15, 0.2) is 36.4 Å². The Hall–Kier alpha value is -0.400. The molecule has 0 heterocycles. The molecule has 4 heteroatoms. The molecule has 1 atom stereocenters. The molecule has 0 bridgehead atoms. The summed E-state index contributed by atoms with van der Waals surface area (Å²) >= 11 is 24.6. The summed E-state index contributed by atoms with van der Waals surface area (Å²) in [4.78, 5) is 0. The van der Waals surface area contributed by atoms with Gasteiger partial charge in [0, 0.05) is 16.0 Å². The molecule has 0 amide bonds. The molecule has 22 heavy (non-hydrogen) atoms. The van der Waals surface area contributed by atoms with Gasteiger partial charge in [-0.1, -0.05) is 78.7 Å². The fourth-order valence-corrected chi connectivity index (χ4v) is 3.48. The van der Waals surface area contributed by atoms with E-state index < -0.39 is 0 Å². The first kappa shape index (κ1) is 17.9. The summed E-state index contributed by atoms with van der Waals surface area (Å²) in [5.74, 6) is 0.220. The second kappa shape index (κ2) is 8.45. The Morgan fingerprint density at radius 3 is 2.05 bits per heavy atom. The Morgan fingerprint density at radius 1 is 0.773 bits per heavy atom. The second-order valence-corrected chi connectivity index (χ2v) is 7.11. The first-order valence-electron chi connectivity index (χ1n) is 7.42. The van der Waals surface area contributed by atoms with Crippen molar-refractivity contribution in [3.05, 3.63) is 67.6 Å². The van der Waals surface area contributed by atoms with Crippen LogP contribution in [0.4, 0.5) is 0 Å². The van der Waals surface area contributed by atoms with Gasteiger partial charge in [-0.3, -0.25) is 0 Å². The minimum Gasteiger partial charge on any atom is -0.0843 e. The van der Waals surface area contributed by atoms with Gasteiger partial charge in [-0.05, 0) is 47.9 Å². The third-order valence-corrected chi connectivity index (χ3v) is 4.91. The molecule has 2 aromatic rings. The van der Waals surface area contributed by atoms with Crippen LogP contribution in [0.5, 0.6) is 0 Å². The van der Waals surface area contributed by atoms with Gasteiger partial charge in [0.25, 0.3) is 0 Å². The average Bonchev–Trinajstić information content (AvgIpc) is 2.46. The summed E-state index contributed by atoms with van der Waals surface area (Å²) in [6.07, 6.45) is 4.56. The molecule has 0 saturated heterocycles. The summed E-state index contributed by atoms with van der Waals surface area (Å²) in [7, 11) is 0. The number of halogens is 4. The maximum Gasteiger partial charge on any atom is 0.0595 e. The summed E-state index contributed by atoms with van der Waals surface area (Å²) in [6.45, 7) is 2.20. The molecular weight excluding hydrogens is 358 g/mol. The molecule has 0 aliphatic rings. The van der Waals surface area contributed by atoms with Crippen molar-refractivity contribution in [3.8, 4) is 0 Å². The van der Waals surface area contributed by atoms with Gasteiger partial charge in [-0.15, -0.1) is 0 Å². The second-order valence-electron chi connectivity index (χ2n) is 5.42. The average molecular weight is 376 g/mol. The number of hydrogen-bond donors (Lipinski definition) is 0. The van der Waals surface area contributed by atoms with Crippen LogP contribution in [0.3, 0.4) is 0 Å². The molecule has 2 aromatic carbocycles. The molecule has 0 radical (unpaired) electrons. The predicted octanol–water partition coefficient (Wildman–Crippen LogP) is 8.01. The number of unbranched alkanes of at least 4 members (excludes halogenated alkanes) is 2. The zero-order chi connectivity index (χ0) is 16.1. The first-order chi connectivity index (χ1) is 10.5. The lowest BCUT2D eigenvalue weighted by molar-refractivity contribution is 0.618. The predicted molar refractivity (Wildman–Crippen MR) is 98.9 cm³/mol. The molecule has 118 valence electrons. The topological polar surface area (TPSA) is 0 Å². The minimum absolute atomic E-state index is 0.220. The minimum atomic E-state index is 0.220. The van der Waals surface area contributed by atoms with E-state index in [2.05, 4.69) is 6.92 Å². The largest absolute Gasteiger partial charge is 0.0843 e. The smallest absolute Gasteiger partial charge is 0.0595 e. The van der Waals surface area contributed by atoms with E-state index in [0.29, 0.717) is 20.1 Å². The molecule has 0 aromatic heterocycles. The monoisotopic (exact) mass is 374 g/mol. The van der Waals surface area contributed by atoms with Crippen molar-refractivity contribution in [1.82, 2.24) is 0 Å². The van der Waals surface area contributed by atoms with Gasteiger partial charge in [0.15, 0.2) is 0 Å². The van der Waals surface area contributed by atoms with Gasteiger partial charge in [0.05, 0.1) is 10.0 Å². The highest BCUT2D eigenvalue weighted by Gasteiger charge is 2.16. The number of hydrogen-bond acceptors (Lipinski definition) is 0. The molecule has 0 aliphatic heterocycles. The Labute approximate surface area is 152 Å². The van der Waals surface area contributed by atoms with E-state index in [1.165, 1.54) is 12.8 Å². The maximum atomic E-state index is 6.19. The lowest BCUT2D eigenvalue weighted by atomic mass is 9.87. The Balaban J connectivity index is 2.38.